The zero-order valence-corrected chi connectivity index (χ0v) is 21.1. The molecule has 5 nitrogen and oxygen atoms in total. The number of Topliss-reactive ketones (excluding diaryl/α,β-unsaturated/α-hetero) is 1. The van der Waals surface area contributed by atoms with Crippen LogP contribution in [-0.2, 0) is 15.4 Å². The minimum absolute atomic E-state index is 0.0599. The monoisotopic (exact) mass is 494 g/mol. The highest BCUT2D eigenvalue weighted by Gasteiger charge is 2.20. The molecule has 0 bridgehead atoms. The lowest BCUT2D eigenvalue weighted by atomic mass is 9.87. The Morgan fingerprint density at radius 3 is 2.38 bits per heavy atom. The maximum Gasteiger partial charge on any atom is 0.261 e. The fourth-order valence-electron chi connectivity index (χ4n) is 3.99. The predicted molar refractivity (Wildman–Crippen MR) is 138 cm³/mol. The molecule has 34 heavy (non-hydrogen) atoms. The van der Waals surface area contributed by atoms with E-state index in [0.29, 0.717) is 22.8 Å². The summed E-state index contributed by atoms with van der Waals surface area (Å²) in [5.74, 6) is -0.0894. The van der Waals surface area contributed by atoms with Crippen molar-refractivity contribution in [1.29, 1.82) is 0 Å². The predicted octanol–water partition coefficient (Wildman–Crippen LogP) is 4.66. The van der Waals surface area contributed by atoms with Gasteiger partial charge in [-0.3, -0.25) is 9.52 Å². The van der Waals surface area contributed by atoms with Crippen molar-refractivity contribution in [3.63, 3.8) is 0 Å². The summed E-state index contributed by atoms with van der Waals surface area (Å²) in [6, 6.07) is 14.3. The number of nitrogens with one attached hydrogen (secondary N) is 2. The highest BCUT2D eigenvalue weighted by Crippen LogP contribution is 2.25. The number of halogens is 1. The molecule has 0 saturated carbocycles. The van der Waals surface area contributed by atoms with Gasteiger partial charge in [-0.25, -0.2) is 8.42 Å². The van der Waals surface area contributed by atoms with Gasteiger partial charge in [0, 0.05) is 40.2 Å². The Kier molecular flexibility index (Phi) is 6.32. The zero-order valence-electron chi connectivity index (χ0n) is 19.6. The molecule has 0 atom stereocenters. The quantitative estimate of drug-likeness (QED) is 0.506. The van der Waals surface area contributed by atoms with E-state index in [1.807, 2.05) is 36.4 Å². The van der Waals surface area contributed by atoms with Gasteiger partial charge in [0.15, 0.2) is 5.78 Å². The number of fused-ring (bicyclic) bond motifs is 1. The summed E-state index contributed by atoms with van der Waals surface area (Å²) < 4.78 is 28.7. The summed E-state index contributed by atoms with van der Waals surface area (Å²) in [6.07, 6.45) is 5.80. The molecule has 0 unspecified atom stereocenters. The van der Waals surface area contributed by atoms with E-state index in [1.165, 1.54) is 6.92 Å². The van der Waals surface area contributed by atoms with E-state index in [9.17, 15) is 13.2 Å². The lowest BCUT2D eigenvalue weighted by Crippen LogP contribution is -2.24. The average molecular weight is 495 g/mol. The summed E-state index contributed by atoms with van der Waals surface area (Å²) >= 11 is 6.20. The minimum Gasteiger partial charge on any atom is -0.352 e. The molecule has 1 aliphatic carbocycles. The van der Waals surface area contributed by atoms with Gasteiger partial charge >= 0.3 is 0 Å². The molecular formula is C27H27ClN2O3S. The Morgan fingerprint density at radius 1 is 1.06 bits per heavy atom. The van der Waals surface area contributed by atoms with Gasteiger partial charge in [0.05, 0.1) is 10.6 Å². The Balaban J connectivity index is 1.69. The molecule has 2 N–H and O–H groups in total. The summed E-state index contributed by atoms with van der Waals surface area (Å²) in [5.41, 5.74) is 3.62. The third kappa shape index (κ3) is 4.88. The van der Waals surface area contributed by atoms with Crippen molar-refractivity contribution in [2.75, 3.05) is 0 Å². The smallest absolute Gasteiger partial charge is 0.261 e. The van der Waals surface area contributed by atoms with Crippen LogP contribution in [0.1, 0.15) is 50.2 Å². The van der Waals surface area contributed by atoms with Crippen LogP contribution in [0.25, 0.3) is 23.3 Å². The van der Waals surface area contributed by atoms with Gasteiger partial charge in [0.1, 0.15) is 0 Å². The molecule has 3 aromatic rings. The number of ketones is 1. The molecule has 1 heterocycles. The molecule has 1 aromatic heterocycles. The average Bonchev–Trinajstić information content (AvgIpc) is 3.03. The third-order valence-electron chi connectivity index (χ3n) is 5.81. The second-order valence-corrected chi connectivity index (χ2v) is 11.5. The lowest BCUT2D eigenvalue weighted by Gasteiger charge is -2.19. The van der Waals surface area contributed by atoms with Crippen molar-refractivity contribution in [2.24, 2.45) is 0 Å². The summed E-state index contributed by atoms with van der Waals surface area (Å²) in [4.78, 5) is 15.7. The number of hydrogen-bond donors (Lipinski definition) is 2. The molecule has 0 aliphatic heterocycles. The molecule has 2 aromatic carbocycles. The van der Waals surface area contributed by atoms with Crippen molar-refractivity contribution < 1.29 is 13.2 Å². The zero-order chi connectivity index (χ0) is 24.7. The fraction of sp³-hybridized carbons (Fsp3) is 0.222. The number of benzene rings is 2. The molecule has 1 aliphatic rings. The van der Waals surface area contributed by atoms with Crippen LogP contribution in [0.5, 0.6) is 0 Å². The number of H-pyrrole nitrogens is 1. The number of aromatic nitrogens is 1. The van der Waals surface area contributed by atoms with Crippen LogP contribution >= 0.6 is 11.6 Å². The number of sulfonamides is 1. The molecule has 176 valence electrons. The van der Waals surface area contributed by atoms with Crippen LogP contribution in [0.4, 0.5) is 0 Å². The topological polar surface area (TPSA) is 79.0 Å². The van der Waals surface area contributed by atoms with Gasteiger partial charge in [-0.2, -0.15) is 0 Å². The lowest BCUT2D eigenvalue weighted by molar-refractivity contribution is 0.101. The van der Waals surface area contributed by atoms with Gasteiger partial charge in [-0.05, 0) is 53.0 Å². The van der Waals surface area contributed by atoms with Crippen molar-refractivity contribution in [3.05, 3.63) is 87.2 Å². The van der Waals surface area contributed by atoms with Crippen molar-refractivity contribution in [1.82, 2.24) is 9.71 Å². The molecule has 0 amide bonds. The molecule has 0 spiro atoms. The Bertz CT molecular complexity index is 1520. The minimum atomic E-state index is -3.74. The summed E-state index contributed by atoms with van der Waals surface area (Å²) in [6.45, 7) is 7.77. The van der Waals surface area contributed by atoms with Gasteiger partial charge in [0.25, 0.3) is 10.0 Å². The van der Waals surface area contributed by atoms with Crippen molar-refractivity contribution in [2.45, 2.75) is 44.4 Å². The first-order chi connectivity index (χ1) is 16.0. The van der Waals surface area contributed by atoms with E-state index in [1.54, 1.807) is 30.4 Å². The number of rotatable bonds is 5. The molecular weight excluding hydrogens is 468 g/mol. The number of hydrogen-bond acceptors (Lipinski definition) is 3. The maximum atomic E-state index is 13.0. The molecule has 4 rings (SSSR count). The second-order valence-electron chi connectivity index (χ2n) is 9.42. The Hall–Kier alpha value is -3.09. The maximum absolute atomic E-state index is 13.0. The highest BCUT2D eigenvalue weighted by molar-refractivity contribution is 7.89. The third-order valence-corrected chi connectivity index (χ3v) is 7.47. The van der Waals surface area contributed by atoms with Crippen LogP contribution in [0.3, 0.4) is 0 Å². The highest BCUT2D eigenvalue weighted by atomic mass is 35.5. The number of carbonyl (C=O) groups excluding carboxylic acids is 1. The van der Waals surface area contributed by atoms with Crippen LogP contribution in [0.15, 0.2) is 65.2 Å². The number of allylic oxidation sites excluding steroid dienone is 2. The van der Waals surface area contributed by atoms with Gasteiger partial charge < -0.3 is 4.98 Å². The van der Waals surface area contributed by atoms with E-state index in [4.69, 9.17) is 11.6 Å². The first kappa shape index (κ1) is 24.0. The SMILES string of the molecule is CC(=O)c1[nH]c2c(c1-c1cccc(Cl)c1)=CCC(NS(=O)(=O)c1ccc(C(C)(C)C)cc1)=CC=2. The van der Waals surface area contributed by atoms with E-state index in [2.05, 4.69) is 30.5 Å². The first-order valence-electron chi connectivity index (χ1n) is 11.0. The van der Waals surface area contributed by atoms with E-state index in [0.717, 1.165) is 27.3 Å². The summed E-state index contributed by atoms with van der Waals surface area (Å²) in [7, 11) is -3.74. The van der Waals surface area contributed by atoms with Crippen molar-refractivity contribution >= 4 is 39.6 Å². The fourth-order valence-corrected chi connectivity index (χ4v) is 5.29. The number of carbonyl (C=O) groups is 1. The number of aromatic amines is 1. The molecule has 0 radical (unpaired) electrons. The van der Waals surface area contributed by atoms with Crippen LogP contribution in [0.2, 0.25) is 5.02 Å². The summed E-state index contributed by atoms with van der Waals surface area (Å²) in [5, 5.41) is 2.15. The van der Waals surface area contributed by atoms with Crippen LogP contribution in [0, 0.1) is 0 Å². The van der Waals surface area contributed by atoms with Gasteiger partial charge in [0.2, 0.25) is 0 Å². The van der Waals surface area contributed by atoms with Crippen LogP contribution < -0.4 is 15.3 Å². The normalized spacial score (nSPS) is 13.7. The van der Waals surface area contributed by atoms with E-state index >= 15 is 0 Å². The van der Waals surface area contributed by atoms with Crippen molar-refractivity contribution in [3.8, 4) is 11.1 Å². The van der Waals surface area contributed by atoms with E-state index in [-0.39, 0.29) is 16.1 Å². The van der Waals surface area contributed by atoms with E-state index < -0.39 is 10.0 Å². The Labute approximate surface area is 204 Å². The standard InChI is InChI=1S/C27H27ClN2O3S/c1-17(31)26-25(18-6-5-7-20(28)16-18)23-14-10-21(11-15-24(23)29-26)30-34(32,33)22-12-8-19(9-13-22)27(2,3)4/h5-9,11-16,29-30H,10H2,1-4H3. The molecule has 7 heteroatoms. The van der Waals surface area contributed by atoms with Crippen LogP contribution in [-0.4, -0.2) is 19.2 Å². The largest absolute Gasteiger partial charge is 0.352 e. The second kappa shape index (κ2) is 8.93. The van der Waals surface area contributed by atoms with Gasteiger partial charge in [-0.1, -0.05) is 62.7 Å². The Morgan fingerprint density at radius 2 is 1.76 bits per heavy atom. The van der Waals surface area contributed by atoms with Gasteiger partial charge in [-0.15, -0.1) is 0 Å². The first-order valence-corrected chi connectivity index (χ1v) is 12.8. The molecule has 0 fully saturated rings. The molecule has 0 saturated heterocycles.